The number of rotatable bonds is 3. The van der Waals surface area contributed by atoms with Crippen molar-refractivity contribution >= 4 is 11.6 Å². The van der Waals surface area contributed by atoms with Crippen LogP contribution in [0.3, 0.4) is 0 Å². The number of amides is 1. The summed E-state index contributed by atoms with van der Waals surface area (Å²) in [7, 11) is 0. The number of hydrogen-bond donors (Lipinski definition) is 1. The van der Waals surface area contributed by atoms with Crippen LogP contribution >= 0.6 is 0 Å². The van der Waals surface area contributed by atoms with Gasteiger partial charge < -0.3 is 15.4 Å². The number of nitrogen functional groups attached to an aromatic ring is 1. The third-order valence-corrected chi connectivity index (χ3v) is 3.33. The number of anilines is 1. The highest BCUT2D eigenvalue weighted by Crippen LogP contribution is 2.21. The third-order valence-electron chi connectivity index (χ3n) is 3.33. The number of carbonyl (C=O) groups excluding carboxylic acids is 1. The summed E-state index contributed by atoms with van der Waals surface area (Å²) in [4.78, 5) is 13.9. The molecule has 98 valence electrons. The fourth-order valence-corrected chi connectivity index (χ4v) is 2.14. The summed E-state index contributed by atoms with van der Waals surface area (Å²) in [6.07, 6.45) is 1.73. The maximum atomic E-state index is 12.1. The van der Waals surface area contributed by atoms with Gasteiger partial charge >= 0.3 is 0 Å². The lowest BCUT2D eigenvalue weighted by molar-refractivity contribution is -0.136. The molecule has 1 fully saturated rings. The molecule has 18 heavy (non-hydrogen) atoms. The number of aryl methyl sites for hydroxylation is 1. The molecule has 1 unspecified atom stereocenters. The Balaban J connectivity index is 1.99. The van der Waals surface area contributed by atoms with Crippen molar-refractivity contribution in [3.05, 3.63) is 23.8 Å². The van der Waals surface area contributed by atoms with E-state index in [1.807, 2.05) is 24.0 Å². The molecule has 0 aromatic heterocycles. The molecule has 1 aromatic rings. The van der Waals surface area contributed by atoms with Gasteiger partial charge in [0.25, 0.3) is 5.91 Å². The van der Waals surface area contributed by atoms with Gasteiger partial charge in [0.05, 0.1) is 0 Å². The minimum Gasteiger partial charge on any atom is -0.481 e. The molecule has 1 aliphatic rings. The summed E-state index contributed by atoms with van der Waals surface area (Å²) in [6.45, 7) is 5.43. The Kier molecular flexibility index (Phi) is 3.75. The molecular formula is C14H20N2O2. The summed E-state index contributed by atoms with van der Waals surface area (Å²) in [5.41, 5.74) is 7.52. The maximum absolute atomic E-state index is 12.1. The van der Waals surface area contributed by atoms with Crippen LogP contribution in [0.1, 0.15) is 25.3 Å². The van der Waals surface area contributed by atoms with E-state index >= 15 is 0 Å². The van der Waals surface area contributed by atoms with Crippen molar-refractivity contribution in [2.45, 2.75) is 32.8 Å². The predicted molar refractivity (Wildman–Crippen MR) is 71.5 cm³/mol. The van der Waals surface area contributed by atoms with Crippen LogP contribution in [0.2, 0.25) is 0 Å². The molecule has 1 atom stereocenters. The third kappa shape index (κ3) is 2.75. The Bertz CT molecular complexity index is 439. The summed E-state index contributed by atoms with van der Waals surface area (Å²) < 4.78 is 5.65. The standard InChI is InChI=1S/C14H20N2O2/c1-10-5-6-12(9-13(10)15)18-11(2)14(17)16-7-3-4-8-16/h5-6,9,11H,3-4,7-8,15H2,1-2H3. The van der Waals surface area contributed by atoms with E-state index in [0.717, 1.165) is 31.5 Å². The van der Waals surface area contributed by atoms with Crippen LogP contribution in [0, 0.1) is 6.92 Å². The van der Waals surface area contributed by atoms with Crippen molar-refractivity contribution in [2.24, 2.45) is 0 Å². The number of carbonyl (C=O) groups is 1. The first-order valence-corrected chi connectivity index (χ1v) is 6.39. The van der Waals surface area contributed by atoms with E-state index in [1.165, 1.54) is 0 Å². The SMILES string of the molecule is Cc1ccc(OC(C)C(=O)N2CCCC2)cc1N. The van der Waals surface area contributed by atoms with E-state index in [0.29, 0.717) is 11.4 Å². The smallest absolute Gasteiger partial charge is 0.263 e. The monoisotopic (exact) mass is 248 g/mol. The molecule has 1 aliphatic heterocycles. The quantitative estimate of drug-likeness (QED) is 0.832. The van der Waals surface area contributed by atoms with E-state index in [2.05, 4.69) is 0 Å². The van der Waals surface area contributed by atoms with Crippen LogP contribution < -0.4 is 10.5 Å². The molecule has 0 radical (unpaired) electrons. The lowest BCUT2D eigenvalue weighted by Gasteiger charge is -2.21. The Hall–Kier alpha value is -1.71. The molecule has 0 spiro atoms. The first kappa shape index (κ1) is 12.7. The number of ether oxygens (including phenoxy) is 1. The molecule has 0 saturated carbocycles. The Morgan fingerprint density at radius 2 is 2.06 bits per heavy atom. The molecule has 2 rings (SSSR count). The van der Waals surface area contributed by atoms with Gasteiger partial charge in [0.15, 0.2) is 6.10 Å². The van der Waals surface area contributed by atoms with E-state index in [-0.39, 0.29) is 5.91 Å². The van der Waals surface area contributed by atoms with E-state index in [1.54, 1.807) is 13.0 Å². The Labute approximate surface area is 108 Å². The average molecular weight is 248 g/mol. The second-order valence-corrected chi connectivity index (χ2v) is 4.81. The van der Waals surface area contributed by atoms with Gasteiger partial charge in [-0.25, -0.2) is 0 Å². The van der Waals surface area contributed by atoms with Crippen molar-refractivity contribution in [1.29, 1.82) is 0 Å². The van der Waals surface area contributed by atoms with Crippen molar-refractivity contribution < 1.29 is 9.53 Å². The van der Waals surface area contributed by atoms with Crippen LogP contribution in [-0.4, -0.2) is 30.0 Å². The van der Waals surface area contributed by atoms with Crippen molar-refractivity contribution in [2.75, 3.05) is 18.8 Å². The van der Waals surface area contributed by atoms with Crippen LogP contribution in [0.15, 0.2) is 18.2 Å². The number of nitrogens with zero attached hydrogens (tertiary/aromatic N) is 1. The van der Waals surface area contributed by atoms with Crippen LogP contribution in [-0.2, 0) is 4.79 Å². The minimum absolute atomic E-state index is 0.0617. The number of benzene rings is 1. The summed E-state index contributed by atoms with van der Waals surface area (Å²) in [6, 6.07) is 5.51. The van der Waals surface area contributed by atoms with Gasteiger partial charge in [0, 0.05) is 24.8 Å². The normalized spacial score (nSPS) is 16.7. The first-order chi connectivity index (χ1) is 8.58. The summed E-state index contributed by atoms with van der Waals surface area (Å²) >= 11 is 0. The topological polar surface area (TPSA) is 55.6 Å². The van der Waals surface area contributed by atoms with Crippen molar-refractivity contribution in [3.63, 3.8) is 0 Å². The summed E-state index contributed by atoms with van der Waals surface area (Å²) in [5.74, 6) is 0.713. The molecule has 0 bridgehead atoms. The van der Waals surface area contributed by atoms with Gasteiger partial charge in [0.1, 0.15) is 5.75 Å². The fraction of sp³-hybridized carbons (Fsp3) is 0.500. The average Bonchev–Trinajstić information content (AvgIpc) is 2.86. The van der Waals surface area contributed by atoms with Crippen molar-refractivity contribution in [3.8, 4) is 5.75 Å². The molecule has 1 aromatic carbocycles. The highest BCUT2D eigenvalue weighted by Gasteiger charge is 2.24. The van der Waals surface area contributed by atoms with E-state index < -0.39 is 6.10 Å². The highest BCUT2D eigenvalue weighted by atomic mass is 16.5. The second-order valence-electron chi connectivity index (χ2n) is 4.81. The van der Waals surface area contributed by atoms with Crippen LogP contribution in [0.4, 0.5) is 5.69 Å². The molecule has 4 nitrogen and oxygen atoms in total. The molecule has 1 heterocycles. The highest BCUT2D eigenvalue weighted by molar-refractivity contribution is 5.81. The van der Waals surface area contributed by atoms with Gasteiger partial charge in [-0.05, 0) is 38.3 Å². The number of hydrogen-bond acceptors (Lipinski definition) is 3. The van der Waals surface area contributed by atoms with Crippen LogP contribution in [0.25, 0.3) is 0 Å². The molecule has 2 N–H and O–H groups in total. The lowest BCUT2D eigenvalue weighted by atomic mass is 10.2. The van der Waals surface area contributed by atoms with Gasteiger partial charge in [-0.2, -0.15) is 0 Å². The van der Waals surface area contributed by atoms with Gasteiger partial charge in [-0.1, -0.05) is 6.07 Å². The van der Waals surface area contributed by atoms with E-state index in [4.69, 9.17) is 10.5 Å². The molecule has 0 aliphatic carbocycles. The lowest BCUT2D eigenvalue weighted by Crippen LogP contribution is -2.38. The first-order valence-electron chi connectivity index (χ1n) is 6.39. The predicted octanol–water partition coefficient (Wildman–Crippen LogP) is 1.97. The van der Waals surface area contributed by atoms with Gasteiger partial charge in [-0.3, -0.25) is 4.79 Å². The maximum Gasteiger partial charge on any atom is 0.263 e. The number of likely N-dealkylation sites (tertiary alicyclic amines) is 1. The molecule has 1 saturated heterocycles. The Morgan fingerprint density at radius 1 is 1.39 bits per heavy atom. The summed E-state index contributed by atoms with van der Waals surface area (Å²) in [5, 5.41) is 0. The van der Waals surface area contributed by atoms with E-state index in [9.17, 15) is 4.79 Å². The second kappa shape index (κ2) is 5.29. The zero-order valence-corrected chi connectivity index (χ0v) is 11.0. The molecular weight excluding hydrogens is 228 g/mol. The molecule has 4 heteroatoms. The fourth-order valence-electron chi connectivity index (χ4n) is 2.14. The van der Waals surface area contributed by atoms with Crippen LogP contribution in [0.5, 0.6) is 5.75 Å². The Morgan fingerprint density at radius 3 is 2.67 bits per heavy atom. The zero-order chi connectivity index (χ0) is 13.1. The number of nitrogens with two attached hydrogens (primary N) is 1. The zero-order valence-electron chi connectivity index (χ0n) is 11.0. The van der Waals surface area contributed by atoms with Gasteiger partial charge in [0.2, 0.25) is 0 Å². The molecule has 1 amide bonds. The minimum atomic E-state index is -0.454. The van der Waals surface area contributed by atoms with Gasteiger partial charge in [-0.15, -0.1) is 0 Å². The van der Waals surface area contributed by atoms with Crippen molar-refractivity contribution in [1.82, 2.24) is 4.90 Å². The largest absolute Gasteiger partial charge is 0.481 e.